The topological polar surface area (TPSA) is 204 Å². The Morgan fingerprint density at radius 3 is 2.40 bits per heavy atom. The summed E-state index contributed by atoms with van der Waals surface area (Å²) < 4.78 is 0. The van der Waals surface area contributed by atoms with Gasteiger partial charge in [-0.1, -0.05) is 19.1 Å². The molecule has 1 fully saturated rings. The van der Waals surface area contributed by atoms with Crippen molar-refractivity contribution in [2.24, 2.45) is 23.3 Å². The molecule has 4 rings (SSSR count). The highest BCUT2D eigenvalue weighted by Gasteiger charge is 2.67. The van der Waals surface area contributed by atoms with Gasteiger partial charge >= 0.3 is 0 Å². The van der Waals surface area contributed by atoms with E-state index in [2.05, 4.69) is 0 Å². The number of nitrogens with two attached hydrogens (primary N) is 2. The maximum atomic E-state index is 13.4. The van der Waals surface area contributed by atoms with E-state index in [1.807, 2.05) is 0 Å². The van der Waals surface area contributed by atoms with Crippen LogP contribution in [0.5, 0.6) is 5.75 Å². The summed E-state index contributed by atoms with van der Waals surface area (Å²) in [5.41, 5.74) is 6.96. The number of hydrogen-bond donors (Lipinski definition) is 7. The number of fused-ring (bicyclic) bond motifs is 3. The van der Waals surface area contributed by atoms with E-state index >= 15 is 0 Å². The number of aliphatic hydroxyl groups is 4. The Bertz CT molecular complexity index is 1090. The lowest BCUT2D eigenvalue weighted by Gasteiger charge is -2.52. The molecule has 0 bridgehead atoms. The minimum absolute atomic E-state index is 0.0476. The fraction of sp³-hybridized carbons (Fsp3) is 0.350. The van der Waals surface area contributed by atoms with Crippen molar-refractivity contribution in [3.05, 3.63) is 46.2 Å². The van der Waals surface area contributed by atoms with Gasteiger partial charge in [0.25, 0.3) is 5.91 Å². The van der Waals surface area contributed by atoms with Gasteiger partial charge in [-0.15, -0.1) is 0 Å². The molecule has 0 spiro atoms. The van der Waals surface area contributed by atoms with Crippen LogP contribution in [0.1, 0.15) is 24.0 Å². The van der Waals surface area contributed by atoms with Crippen LogP contribution >= 0.6 is 0 Å². The highest BCUT2D eigenvalue weighted by molar-refractivity contribution is 6.24. The largest absolute Gasteiger partial charge is 0.508 e. The quantitative estimate of drug-likeness (QED) is 0.277. The van der Waals surface area contributed by atoms with Crippen LogP contribution in [0.15, 0.2) is 35.1 Å². The average Bonchev–Trinajstić information content (AvgIpc) is 2.67. The molecule has 158 valence electrons. The van der Waals surface area contributed by atoms with Gasteiger partial charge in [-0.05, 0) is 17.5 Å². The minimum Gasteiger partial charge on any atom is -0.508 e. The van der Waals surface area contributed by atoms with E-state index in [1.54, 1.807) is 13.0 Å². The molecule has 0 saturated heterocycles. The highest BCUT2D eigenvalue weighted by Crippen LogP contribution is 2.55. The number of hydrogen-bond acceptors (Lipinski definition) is 9. The van der Waals surface area contributed by atoms with Crippen LogP contribution in [-0.4, -0.2) is 60.8 Å². The molecule has 10 nitrogen and oxygen atoms in total. The molecule has 3 aliphatic rings. The van der Waals surface area contributed by atoms with E-state index in [0.717, 1.165) is 0 Å². The Morgan fingerprint density at radius 1 is 1.17 bits per heavy atom. The van der Waals surface area contributed by atoms with E-state index in [0.29, 0.717) is 5.56 Å². The maximum absolute atomic E-state index is 13.4. The molecule has 10 heteroatoms. The fourth-order valence-corrected chi connectivity index (χ4v) is 5.10. The number of aromatic hydroxyl groups is 1. The van der Waals surface area contributed by atoms with Gasteiger partial charge < -0.3 is 37.0 Å². The van der Waals surface area contributed by atoms with Crippen molar-refractivity contribution in [3.8, 4) is 5.75 Å². The molecule has 9 N–H and O–H groups in total. The van der Waals surface area contributed by atoms with Gasteiger partial charge in [-0.2, -0.15) is 0 Å². The molecule has 0 heterocycles. The third-order valence-corrected chi connectivity index (χ3v) is 6.52. The van der Waals surface area contributed by atoms with Crippen LogP contribution < -0.4 is 11.5 Å². The highest BCUT2D eigenvalue weighted by atomic mass is 16.4. The van der Waals surface area contributed by atoms with Crippen molar-refractivity contribution in [1.29, 1.82) is 0 Å². The normalized spacial score (nSPS) is 35.7. The second-order valence-corrected chi connectivity index (χ2v) is 7.91. The van der Waals surface area contributed by atoms with E-state index in [4.69, 9.17) is 11.5 Å². The first-order valence-corrected chi connectivity index (χ1v) is 9.20. The van der Waals surface area contributed by atoms with Gasteiger partial charge in [-0.25, -0.2) is 0 Å². The summed E-state index contributed by atoms with van der Waals surface area (Å²) in [5.74, 6) is -9.49. The first kappa shape index (κ1) is 20.1. The van der Waals surface area contributed by atoms with Crippen molar-refractivity contribution in [3.63, 3.8) is 0 Å². The number of aliphatic hydroxyl groups excluding tert-OH is 3. The molecule has 30 heavy (non-hydrogen) atoms. The molecule has 0 aromatic heterocycles. The maximum Gasteiger partial charge on any atom is 0.255 e. The van der Waals surface area contributed by atoms with Gasteiger partial charge in [0.1, 0.15) is 22.8 Å². The van der Waals surface area contributed by atoms with E-state index < -0.39 is 75.6 Å². The molecule has 1 amide bonds. The number of benzene rings is 1. The van der Waals surface area contributed by atoms with Crippen molar-refractivity contribution in [1.82, 2.24) is 0 Å². The van der Waals surface area contributed by atoms with Gasteiger partial charge in [0.05, 0.1) is 23.6 Å². The lowest BCUT2D eigenvalue weighted by atomic mass is 9.54. The molecule has 0 radical (unpaired) electrons. The SMILES string of the molecule is C[C@H]1c2cccc(O)c2C(O)=C2C(=O)[C@]3(O)C(O)=C(C(N)=O)C(=O)[C@@H](N)C3[C@@H](O)C21. The first-order valence-electron chi connectivity index (χ1n) is 9.20. The van der Waals surface area contributed by atoms with Gasteiger partial charge in [-0.3, -0.25) is 14.4 Å². The van der Waals surface area contributed by atoms with Crippen LogP contribution in [0.25, 0.3) is 5.76 Å². The molecule has 1 saturated carbocycles. The Labute approximate surface area is 169 Å². The Hall–Kier alpha value is -3.21. The van der Waals surface area contributed by atoms with E-state index in [1.165, 1.54) is 12.1 Å². The zero-order valence-electron chi connectivity index (χ0n) is 15.7. The number of carbonyl (C=O) groups is 3. The number of rotatable bonds is 1. The Morgan fingerprint density at radius 2 is 1.80 bits per heavy atom. The molecule has 6 atom stereocenters. The fourth-order valence-electron chi connectivity index (χ4n) is 5.10. The molecule has 2 unspecified atom stereocenters. The zero-order valence-corrected chi connectivity index (χ0v) is 15.7. The molecule has 0 aliphatic heterocycles. The number of ketones is 2. The van der Waals surface area contributed by atoms with E-state index in [9.17, 15) is 39.9 Å². The Kier molecular flexibility index (Phi) is 4.11. The van der Waals surface area contributed by atoms with Crippen molar-refractivity contribution < 1.29 is 39.9 Å². The standard InChI is InChI=1S/C20H20N2O8/c1-5-6-3-2-4-7(23)9(6)14(24)10-8(5)15(25)12-13(21)16(26)11(19(22)29)18(28)20(12,30)17(10)27/h2-5,8,12-13,15,23-25,28,30H,21H2,1H3,(H2,22,29)/t5-,8?,12?,13-,15-,20-/m0/s1. The summed E-state index contributed by atoms with van der Waals surface area (Å²) in [7, 11) is 0. The number of carbonyl (C=O) groups excluding carboxylic acids is 3. The van der Waals surface area contributed by atoms with Crippen LogP contribution in [-0.2, 0) is 14.4 Å². The number of primary amides is 1. The number of phenols is 1. The van der Waals surface area contributed by atoms with Crippen LogP contribution in [0.3, 0.4) is 0 Å². The first-order chi connectivity index (χ1) is 14.0. The minimum atomic E-state index is -2.96. The van der Waals surface area contributed by atoms with Crippen LogP contribution in [0.4, 0.5) is 0 Å². The molecule has 1 aromatic rings. The van der Waals surface area contributed by atoms with Crippen molar-refractivity contribution >= 4 is 23.2 Å². The third-order valence-electron chi connectivity index (χ3n) is 6.52. The summed E-state index contributed by atoms with van der Waals surface area (Å²) in [6.07, 6.45) is -1.66. The molecule has 1 aromatic carbocycles. The second-order valence-electron chi connectivity index (χ2n) is 7.91. The zero-order chi connectivity index (χ0) is 22.3. The van der Waals surface area contributed by atoms with Gasteiger partial charge in [0.2, 0.25) is 5.78 Å². The lowest BCUT2D eigenvalue weighted by molar-refractivity contribution is -0.163. The number of Topliss-reactive ketones (excluding diaryl/α,β-unsaturated/α-hetero) is 2. The summed E-state index contributed by atoms with van der Waals surface area (Å²) in [4.78, 5) is 37.6. The lowest BCUT2D eigenvalue weighted by Crippen LogP contribution is -2.70. The van der Waals surface area contributed by atoms with Gasteiger partial charge in [0.15, 0.2) is 11.4 Å². The predicted molar refractivity (Wildman–Crippen MR) is 101 cm³/mol. The summed E-state index contributed by atoms with van der Waals surface area (Å²) in [5, 5.41) is 53.9. The van der Waals surface area contributed by atoms with Crippen molar-refractivity contribution in [2.45, 2.75) is 30.6 Å². The average molecular weight is 416 g/mol. The van der Waals surface area contributed by atoms with E-state index in [-0.39, 0.29) is 11.3 Å². The molecular weight excluding hydrogens is 396 g/mol. The summed E-state index contributed by atoms with van der Waals surface area (Å²) in [6.45, 7) is 1.64. The van der Waals surface area contributed by atoms with Gasteiger partial charge in [0, 0.05) is 11.5 Å². The van der Waals surface area contributed by atoms with Crippen molar-refractivity contribution in [2.75, 3.05) is 0 Å². The Balaban J connectivity index is 2.05. The second kappa shape index (κ2) is 6.14. The summed E-state index contributed by atoms with van der Waals surface area (Å²) >= 11 is 0. The smallest absolute Gasteiger partial charge is 0.255 e. The predicted octanol–water partition coefficient (Wildman–Crippen LogP) is -1.11. The third kappa shape index (κ3) is 2.15. The molecular formula is C20H20N2O8. The number of amides is 1. The monoisotopic (exact) mass is 416 g/mol. The van der Waals surface area contributed by atoms with Crippen LogP contribution in [0, 0.1) is 11.8 Å². The summed E-state index contributed by atoms with van der Waals surface area (Å²) in [6, 6.07) is 2.70. The molecule has 3 aliphatic carbocycles. The number of phenolic OH excluding ortho intramolecular Hbond substituents is 1. The van der Waals surface area contributed by atoms with Crippen LogP contribution in [0.2, 0.25) is 0 Å².